The molecule has 3 aromatic carbocycles. The van der Waals surface area contributed by atoms with Gasteiger partial charge in [0.2, 0.25) is 0 Å². The number of rotatable bonds is 7. The van der Waals surface area contributed by atoms with Crippen molar-refractivity contribution >= 4 is 23.1 Å². The predicted molar refractivity (Wildman–Crippen MR) is 117 cm³/mol. The molecule has 0 fully saturated rings. The summed E-state index contributed by atoms with van der Waals surface area (Å²) >= 11 is 0. The van der Waals surface area contributed by atoms with Crippen LogP contribution in [0.2, 0.25) is 0 Å². The minimum absolute atomic E-state index is 0.0339. The van der Waals surface area contributed by atoms with Crippen molar-refractivity contribution < 1.29 is 23.1 Å². The Morgan fingerprint density at radius 3 is 2.38 bits per heavy atom. The van der Waals surface area contributed by atoms with Gasteiger partial charge in [-0.05, 0) is 42.8 Å². The standard InChI is InChI=1S/C25H20F2N2O3/c1-2-32-20-8-5-7-19(14-20)28-23-22(16-10-12-18(26)13-11-16)24(30)29(25(23)31)15-17-6-3-4-9-21(17)27/h3-14,28H,2,15H2,1H3. The highest BCUT2D eigenvalue weighted by Crippen LogP contribution is 2.32. The molecule has 0 aromatic heterocycles. The summed E-state index contributed by atoms with van der Waals surface area (Å²) < 4.78 is 33.2. The Morgan fingerprint density at radius 2 is 1.66 bits per heavy atom. The number of carbonyl (C=O) groups excluding carboxylic acids is 2. The van der Waals surface area contributed by atoms with Crippen LogP contribution in [0.25, 0.3) is 5.57 Å². The van der Waals surface area contributed by atoms with Gasteiger partial charge in [0.25, 0.3) is 11.8 Å². The number of hydrogen-bond acceptors (Lipinski definition) is 4. The molecule has 0 spiro atoms. The van der Waals surface area contributed by atoms with Crippen LogP contribution in [-0.2, 0) is 16.1 Å². The van der Waals surface area contributed by atoms with Crippen molar-refractivity contribution in [2.75, 3.05) is 11.9 Å². The molecular weight excluding hydrogens is 414 g/mol. The highest BCUT2D eigenvalue weighted by Gasteiger charge is 2.39. The number of carbonyl (C=O) groups is 2. The molecule has 0 unspecified atom stereocenters. The molecule has 0 saturated carbocycles. The Morgan fingerprint density at radius 1 is 0.906 bits per heavy atom. The van der Waals surface area contributed by atoms with Gasteiger partial charge < -0.3 is 10.1 Å². The van der Waals surface area contributed by atoms with Crippen molar-refractivity contribution in [3.63, 3.8) is 0 Å². The summed E-state index contributed by atoms with van der Waals surface area (Å²) in [6, 6.07) is 18.2. The summed E-state index contributed by atoms with van der Waals surface area (Å²) in [6.07, 6.45) is 0. The van der Waals surface area contributed by atoms with Crippen molar-refractivity contribution in [3.8, 4) is 5.75 Å². The first-order valence-electron chi connectivity index (χ1n) is 10.1. The lowest BCUT2D eigenvalue weighted by molar-refractivity contribution is -0.137. The molecule has 0 atom stereocenters. The average Bonchev–Trinajstić information content (AvgIpc) is 3.01. The number of ether oxygens (including phenoxy) is 1. The molecule has 0 aliphatic carbocycles. The number of anilines is 1. The lowest BCUT2D eigenvalue weighted by Crippen LogP contribution is -2.32. The molecule has 0 radical (unpaired) electrons. The molecule has 7 heteroatoms. The monoisotopic (exact) mass is 434 g/mol. The van der Waals surface area contributed by atoms with Crippen molar-refractivity contribution in [2.45, 2.75) is 13.5 Å². The minimum Gasteiger partial charge on any atom is -0.494 e. The molecule has 3 aromatic rings. The maximum atomic E-state index is 14.2. The van der Waals surface area contributed by atoms with E-state index < -0.39 is 23.4 Å². The number of nitrogens with zero attached hydrogens (tertiary/aromatic N) is 1. The number of halogens is 2. The van der Waals surface area contributed by atoms with Gasteiger partial charge in [-0.3, -0.25) is 14.5 Å². The smallest absolute Gasteiger partial charge is 0.278 e. The molecule has 4 rings (SSSR count). The van der Waals surface area contributed by atoms with E-state index in [2.05, 4.69) is 5.32 Å². The number of imide groups is 1. The molecule has 0 saturated heterocycles. The van der Waals surface area contributed by atoms with Crippen molar-refractivity contribution in [3.05, 3.63) is 101 Å². The minimum atomic E-state index is -0.598. The van der Waals surface area contributed by atoms with Gasteiger partial charge in [-0.2, -0.15) is 0 Å². The first kappa shape index (κ1) is 21.2. The highest BCUT2D eigenvalue weighted by atomic mass is 19.1. The van der Waals surface area contributed by atoms with Gasteiger partial charge in [-0.1, -0.05) is 36.4 Å². The average molecular weight is 434 g/mol. The second kappa shape index (κ2) is 9.01. The van der Waals surface area contributed by atoms with E-state index >= 15 is 0 Å². The van der Waals surface area contributed by atoms with Crippen LogP contribution < -0.4 is 10.1 Å². The molecule has 32 heavy (non-hydrogen) atoms. The predicted octanol–water partition coefficient (Wildman–Crippen LogP) is 4.76. The van der Waals surface area contributed by atoms with Crippen molar-refractivity contribution in [1.82, 2.24) is 4.90 Å². The first-order chi connectivity index (χ1) is 15.5. The van der Waals surface area contributed by atoms with E-state index in [-0.39, 0.29) is 23.4 Å². The first-order valence-corrected chi connectivity index (χ1v) is 10.1. The van der Waals surface area contributed by atoms with E-state index in [1.54, 1.807) is 30.3 Å². The SMILES string of the molecule is CCOc1cccc(NC2=C(c3ccc(F)cc3)C(=O)N(Cc3ccccc3F)C2=O)c1. The van der Waals surface area contributed by atoms with Gasteiger partial charge in [-0.25, -0.2) is 8.78 Å². The van der Waals surface area contributed by atoms with E-state index in [1.165, 1.54) is 42.5 Å². The van der Waals surface area contributed by atoms with Crippen LogP contribution in [-0.4, -0.2) is 23.3 Å². The van der Waals surface area contributed by atoms with E-state index in [4.69, 9.17) is 4.74 Å². The summed E-state index contributed by atoms with van der Waals surface area (Å²) in [5.41, 5.74) is 1.26. The summed E-state index contributed by atoms with van der Waals surface area (Å²) in [5, 5.41) is 3.01. The molecule has 1 heterocycles. The third kappa shape index (κ3) is 4.23. The van der Waals surface area contributed by atoms with Gasteiger partial charge in [0.15, 0.2) is 0 Å². The lowest BCUT2D eigenvalue weighted by Gasteiger charge is -2.16. The molecular formula is C25H20F2N2O3. The number of amides is 2. The second-order valence-electron chi connectivity index (χ2n) is 7.13. The normalized spacial score (nSPS) is 13.7. The Labute approximate surface area is 183 Å². The summed E-state index contributed by atoms with van der Waals surface area (Å²) in [6.45, 7) is 2.11. The molecule has 1 aliphatic heterocycles. The van der Waals surface area contributed by atoms with E-state index in [0.29, 0.717) is 23.6 Å². The van der Waals surface area contributed by atoms with Crippen LogP contribution in [0.15, 0.2) is 78.5 Å². The maximum Gasteiger partial charge on any atom is 0.278 e. The van der Waals surface area contributed by atoms with Gasteiger partial charge >= 0.3 is 0 Å². The van der Waals surface area contributed by atoms with Crippen molar-refractivity contribution in [1.29, 1.82) is 0 Å². The third-order valence-electron chi connectivity index (χ3n) is 5.00. The van der Waals surface area contributed by atoms with Crippen LogP contribution in [0.5, 0.6) is 5.75 Å². The Kier molecular flexibility index (Phi) is 5.98. The lowest BCUT2D eigenvalue weighted by atomic mass is 10.0. The summed E-state index contributed by atoms with van der Waals surface area (Å²) in [7, 11) is 0. The number of benzene rings is 3. The zero-order chi connectivity index (χ0) is 22.7. The number of hydrogen-bond donors (Lipinski definition) is 1. The molecule has 1 aliphatic rings. The fraction of sp³-hybridized carbons (Fsp3) is 0.120. The Hall–Kier alpha value is -4.00. The third-order valence-corrected chi connectivity index (χ3v) is 5.00. The van der Waals surface area contributed by atoms with Crippen LogP contribution in [0.1, 0.15) is 18.1 Å². The fourth-order valence-electron chi connectivity index (χ4n) is 3.49. The Balaban J connectivity index is 1.73. The van der Waals surface area contributed by atoms with Crippen molar-refractivity contribution in [2.24, 2.45) is 0 Å². The van der Waals surface area contributed by atoms with Crippen LogP contribution in [0.3, 0.4) is 0 Å². The molecule has 162 valence electrons. The quantitative estimate of drug-likeness (QED) is 0.545. The van der Waals surface area contributed by atoms with Crippen LogP contribution in [0.4, 0.5) is 14.5 Å². The fourth-order valence-corrected chi connectivity index (χ4v) is 3.49. The Bertz CT molecular complexity index is 1210. The molecule has 5 nitrogen and oxygen atoms in total. The van der Waals surface area contributed by atoms with E-state index in [9.17, 15) is 18.4 Å². The topological polar surface area (TPSA) is 58.6 Å². The zero-order valence-electron chi connectivity index (χ0n) is 17.3. The largest absolute Gasteiger partial charge is 0.494 e. The molecule has 0 bridgehead atoms. The second-order valence-corrected chi connectivity index (χ2v) is 7.13. The van der Waals surface area contributed by atoms with E-state index in [1.807, 2.05) is 6.92 Å². The number of nitrogens with one attached hydrogen (secondary N) is 1. The van der Waals surface area contributed by atoms with Gasteiger partial charge in [0.1, 0.15) is 23.1 Å². The zero-order valence-corrected chi connectivity index (χ0v) is 17.3. The molecule has 2 amide bonds. The summed E-state index contributed by atoms with van der Waals surface area (Å²) in [5.74, 6) is -1.57. The summed E-state index contributed by atoms with van der Waals surface area (Å²) in [4.78, 5) is 27.5. The molecule has 1 N–H and O–H groups in total. The highest BCUT2D eigenvalue weighted by molar-refractivity contribution is 6.36. The van der Waals surface area contributed by atoms with Crippen LogP contribution >= 0.6 is 0 Å². The maximum absolute atomic E-state index is 14.2. The van der Waals surface area contributed by atoms with Gasteiger partial charge in [-0.15, -0.1) is 0 Å². The van der Waals surface area contributed by atoms with E-state index in [0.717, 1.165) is 4.90 Å². The van der Waals surface area contributed by atoms with Gasteiger partial charge in [0.05, 0.1) is 18.7 Å². The van der Waals surface area contributed by atoms with Crippen LogP contribution in [0, 0.1) is 11.6 Å². The van der Waals surface area contributed by atoms with Gasteiger partial charge in [0, 0.05) is 17.3 Å².